The number of nitrogens with zero attached hydrogens (tertiary/aromatic N) is 2. The maximum atomic E-state index is 12.6. The summed E-state index contributed by atoms with van der Waals surface area (Å²) in [5.74, 6) is -0.0692. The van der Waals surface area contributed by atoms with Gasteiger partial charge in [-0.05, 0) is 37.0 Å². The summed E-state index contributed by atoms with van der Waals surface area (Å²) < 4.78 is 11.1. The molecule has 0 saturated carbocycles. The molecule has 154 valence electrons. The molecule has 2 aromatic heterocycles. The molecule has 1 aliphatic heterocycles. The van der Waals surface area contributed by atoms with Gasteiger partial charge in [-0.3, -0.25) is 9.59 Å². The number of fused-ring (bicyclic) bond motifs is 4. The summed E-state index contributed by atoms with van der Waals surface area (Å²) in [6.07, 6.45) is 2.00. The number of anilines is 1. The van der Waals surface area contributed by atoms with Crippen molar-refractivity contribution in [3.8, 4) is 5.75 Å². The molecule has 9 heteroatoms. The van der Waals surface area contributed by atoms with Gasteiger partial charge in [-0.1, -0.05) is 12.1 Å². The van der Waals surface area contributed by atoms with Crippen molar-refractivity contribution in [2.45, 2.75) is 38.9 Å². The van der Waals surface area contributed by atoms with Gasteiger partial charge in [0, 0.05) is 11.8 Å². The minimum atomic E-state index is -0.954. The monoisotopic (exact) mass is 425 g/mol. The molecule has 0 bridgehead atoms. The number of carbonyl (C=O) groups excluding carboxylic acids is 2. The fourth-order valence-corrected chi connectivity index (χ4v) is 5.28. The Labute approximate surface area is 175 Å². The van der Waals surface area contributed by atoms with E-state index in [2.05, 4.69) is 9.97 Å². The molecule has 5 rings (SSSR count). The summed E-state index contributed by atoms with van der Waals surface area (Å²) in [5.41, 5.74) is 1.53. The summed E-state index contributed by atoms with van der Waals surface area (Å²) in [6.45, 7) is 1.33. The standard InChI is InChI=1S/C21H19N3O5S/c1-11(25)24-9-15(29-14-7-3-2-6-13(14)24)21(27)28-10-17-22-19(26)18-12-5-4-8-16(12)30-20(18)23-17/h2-3,6-7,15H,4-5,8-10H2,1H3,(H,22,23,26). The number of hydrogen-bond acceptors (Lipinski definition) is 7. The molecule has 8 nitrogen and oxygen atoms in total. The fraction of sp³-hybridized carbons (Fsp3) is 0.333. The van der Waals surface area contributed by atoms with Crippen LogP contribution >= 0.6 is 11.3 Å². The fourth-order valence-electron chi connectivity index (χ4n) is 4.00. The second-order valence-corrected chi connectivity index (χ2v) is 8.45. The van der Waals surface area contributed by atoms with Crippen LogP contribution in [0.3, 0.4) is 0 Å². The van der Waals surface area contributed by atoms with Crippen LogP contribution in [-0.2, 0) is 33.8 Å². The lowest BCUT2D eigenvalue weighted by atomic mass is 10.2. The van der Waals surface area contributed by atoms with E-state index in [0.29, 0.717) is 27.5 Å². The number of rotatable bonds is 3. The summed E-state index contributed by atoms with van der Waals surface area (Å²) in [7, 11) is 0. The van der Waals surface area contributed by atoms with E-state index < -0.39 is 12.1 Å². The SMILES string of the molecule is CC(=O)N1CC(C(=O)OCc2nc3sc4c(c3c(=O)[nH]2)CCC4)Oc2ccccc21. The van der Waals surface area contributed by atoms with E-state index in [9.17, 15) is 14.4 Å². The number of amides is 1. The van der Waals surface area contributed by atoms with Crippen molar-refractivity contribution >= 4 is 39.1 Å². The number of ether oxygens (including phenoxy) is 2. The largest absolute Gasteiger partial charge is 0.475 e. The second-order valence-electron chi connectivity index (χ2n) is 7.36. The molecule has 0 radical (unpaired) electrons. The van der Waals surface area contributed by atoms with Gasteiger partial charge in [0.15, 0.2) is 0 Å². The molecule has 1 unspecified atom stereocenters. The molecule has 0 saturated heterocycles. The van der Waals surface area contributed by atoms with Crippen LogP contribution in [0.2, 0.25) is 0 Å². The van der Waals surface area contributed by atoms with Crippen LogP contribution in [0.15, 0.2) is 29.1 Å². The summed E-state index contributed by atoms with van der Waals surface area (Å²) in [6, 6.07) is 7.04. The number of nitrogens with one attached hydrogen (secondary N) is 1. The van der Waals surface area contributed by atoms with Crippen molar-refractivity contribution < 1.29 is 19.1 Å². The van der Waals surface area contributed by atoms with Crippen molar-refractivity contribution in [2.75, 3.05) is 11.4 Å². The molecule has 0 fully saturated rings. The molecule has 1 atom stereocenters. The van der Waals surface area contributed by atoms with E-state index >= 15 is 0 Å². The smallest absolute Gasteiger partial charge is 0.349 e. The zero-order valence-corrected chi connectivity index (χ0v) is 17.1. The average Bonchev–Trinajstić information content (AvgIpc) is 3.31. The zero-order valence-electron chi connectivity index (χ0n) is 16.3. The third-order valence-electron chi connectivity index (χ3n) is 5.39. The van der Waals surface area contributed by atoms with Gasteiger partial charge < -0.3 is 19.4 Å². The highest BCUT2D eigenvalue weighted by atomic mass is 32.1. The number of aromatic nitrogens is 2. The first-order valence-electron chi connectivity index (χ1n) is 9.75. The van der Waals surface area contributed by atoms with E-state index in [1.165, 1.54) is 28.0 Å². The molecule has 1 amide bonds. The quantitative estimate of drug-likeness (QED) is 0.647. The van der Waals surface area contributed by atoms with Crippen molar-refractivity contribution in [3.05, 3.63) is 50.9 Å². The molecule has 1 aliphatic carbocycles. The lowest BCUT2D eigenvalue weighted by Crippen LogP contribution is -2.47. The molecule has 0 spiro atoms. The Hall–Kier alpha value is -3.20. The van der Waals surface area contributed by atoms with Crippen molar-refractivity contribution in [1.82, 2.24) is 9.97 Å². The van der Waals surface area contributed by atoms with Crippen LogP contribution in [0, 0.1) is 0 Å². The Morgan fingerprint density at radius 1 is 1.33 bits per heavy atom. The van der Waals surface area contributed by atoms with Gasteiger partial charge in [-0.25, -0.2) is 9.78 Å². The molecule has 30 heavy (non-hydrogen) atoms. The minimum absolute atomic E-state index is 0.0613. The maximum absolute atomic E-state index is 12.6. The number of para-hydroxylation sites is 2. The number of carbonyl (C=O) groups is 2. The van der Waals surface area contributed by atoms with Crippen LogP contribution in [0.1, 0.15) is 29.6 Å². The summed E-state index contributed by atoms with van der Waals surface area (Å²) in [5, 5.41) is 0.659. The molecular formula is C21H19N3O5S. The highest BCUT2D eigenvalue weighted by molar-refractivity contribution is 7.18. The van der Waals surface area contributed by atoms with Gasteiger partial charge in [-0.15, -0.1) is 11.3 Å². The number of benzene rings is 1. The predicted octanol–water partition coefficient (Wildman–Crippen LogP) is 2.33. The van der Waals surface area contributed by atoms with Crippen molar-refractivity contribution in [3.63, 3.8) is 0 Å². The number of esters is 1. The van der Waals surface area contributed by atoms with Crippen molar-refractivity contribution in [1.29, 1.82) is 0 Å². The highest BCUT2D eigenvalue weighted by Crippen LogP contribution is 2.35. The summed E-state index contributed by atoms with van der Waals surface area (Å²) >= 11 is 1.53. The molecular weight excluding hydrogens is 406 g/mol. The Morgan fingerprint density at radius 2 is 2.17 bits per heavy atom. The normalized spacial score (nSPS) is 17.4. The van der Waals surface area contributed by atoms with Crippen molar-refractivity contribution in [2.24, 2.45) is 0 Å². The van der Waals surface area contributed by atoms with Gasteiger partial charge in [0.1, 0.15) is 23.0 Å². The zero-order chi connectivity index (χ0) is 20.8. The molecule has 2 aliphatic rings. The minimum Gasteiger partial charge on any atom is -0.475 e. The van der Waals surface area contributed by atoms with E-state index in [1.807, 2.05) is 0 Å². The van der Waals surface area contributed by atoms with Gasteiger partial charge in [0.25, 0.3) is 5.56 Å². The van der Waals surface area contributed by atoms with Crippen LogP contribution in [-0.4, -0.2) is 34.5 Å². The number of aromatic amines is 1. The van der Waals surface area contributed by atoms with Gasteiger partial charge in [-0.2, -0.15) is 0 Å². The molecule has 3 aromatic rings. The van der Waals surface area contributed by atoms with E-state index in [4.69, 9.17) is 9.47 Å². The topological polar surface area (TPSA) is 102 Å². The first-order chi connectivity index (χ1) is 14.5. The van der Waals surface area contributed by atoms with Gasteiger partial charge in [0.05, 0.1) is 17.6 Å². The third kappa shape index (κ3) is 3.15. The number of hydrogen-bond donors (Lipinski definition) is 1. The molecule has 1 aromatic carbocycles. The van der Waals surface area contributed by atoms with Gasteiger partial charge >= 0.3 is 5.97 Å². The van der Waals surface area contributed by atoms with Crippen LogP contribution in [0.5, 0.6) is 5.75 Å². The number of aryl methyl sites for hydroxylation is 2. The van der Waals surface area contributed by atoms with Crippen LogP contribution in [0.25, 0.3) is 10.2 Å². The number of H-pyrrole nitrogens is 1. The van der Waals surface area contributed by atoms with Crippen LogP contribution < -0.4 is 15.2 Å². The van der Waals surface area contributed by atoms with Crippen LogP contribution in [0.4, 0.5) is 5.69 Å². The average molecular weight is 425 g/mol. The Bertz CT molecular complexity index is 1230. The highest BCUT2D eigenvalue weighted by Gasteiger charge is 2.33. The molecule has 1 N–H and O–H groups in total. The number of thiophene rings is 1. The molecule has 3 heterocycles. The van der Waals surface area contributed by atoms with Gasteiger partial charge in [0.2, 0.25) is 12.0 Å². The van der Waals surface area contributed by atoms with E-state index in [-0.39, 0.29) is 24.6 Å². The Morgan fingerprint density at radius 3 is 3.00 bits per heavy atom. The predicted molar refractivity (Wildman–Crippen MR) is 111 cm³/mol. The first kappa shape index (κ1) is 18.8. The first-order valence-corrected chi connectivity index (χ1v) is 10.6. The Balaban J connectivity index is 1.33. The van der Waals surface area contributed by atoms with E-state index in [0.717, 1.165) is 24.8 Å². The van der Waals surface area contributed by atoms with E-state index in [1.54, 1.807) is 24.3 Å². The Kier molecular flexibility index (Phi) is 4.54. The maximum Gasteiger partial charge on any atom is 0.349 e. The third-order valence-corrected chi connectivity index (χ3v) is 6.58. The lowest BCUT2D eigenvalue weighted by Gasteiger charge is -2.33. The lowest BCUT2D eigenvalue weighted by molar-refractivity contribution is -0.153. The second kappa shape index (κ2) is 7.24. The summed E-state index contributed by atoms with van der Waals surface area (Å²) in [4.78, 5) is 47.7.